The zero-order valence-corrected chi connectivity index (χ0v) is 21.2. The second-order valence-corrected chi connectivity index (χ2v) is 10.8. The summed E-state index contributed by atoms with van der Waals surface area (Å²) in [6, 6.07) is 10.2. The summed E-state index contributed by atoms with van der Waals surface area (Å²) in [5.41, 5.74) is 1.09. The maximum Gasteiger partial charge on any atom is 0.193 e. The van der Waals surface area contributed by atoms with E-state index in [-0.39, 0.29) is 35.1 Å². The molecule has 0 amide bonds. The number of halogens is 1. The molecule has 0 radical (unpaired) electrons. The van der Waals surface area contributed by atoms with Crippen LogP contribution in [-0.4, -0.2) is 64.6 Å². The fourth-order valence-electron chi connectivity index (χ4n) is 3.28. The molecule has 1 fully saturated rings. The minimum Gasteiger partial charge on any atom is -0.376 e. The number of nitrogens with one attached hydrogen (secondary N) is 1. The number of hydrogen-bond acceptors (Lipinski definition) is 4. The van der Waals surface area contributed by atoms with Crippen LogP contribution in [0.25, 0.3) is 0 Å². The van der Waals surface area contributed by atoms with E-state index >= 15 is 0 Å². The molecule has 1 aromatic rings. The van der Waals surface area contributed by atoms with Crippen LogP contribution in [0.15, 0.2) is 35.3 Å². The summed E-state index contributed by atoms with van der Waals surface area (Å²) >= 11 is 0. The Balaban J connectivity index is 0.00000420. The lowest BCUT2D eigenvalue weighted by Crippen LogP contribution is -2.44. The van der Waals surface area contributed by atoms with Gasteiger partial charge in [-0.15, -0.1) is 24.0 Å². The maximum atomic E-state index is 11.4. The molecule has 0 bridgehead atoms. The minimum atomic E-state index is -2.94. The van der Waals surface area contributed by atoms with Crippen molar-refractivity contribution in [1.29, 1.82) is 0 Å². The van der Waals surface area contributed by atoms with Crippen LogP contribution >= 0.6 is 24.0 Å². The smallest absolute Gasteiger partial charge is 0.193 e. The highest BCUT2D eigenvalue weighted by Crippen LogP contribution is 2.21. The van der Waals surface area contributed by atoms with E-state index in [0.717, 1.165) is 32.1 Å². The molecule has 0 saturated carbocycles. The average Bonchev–Trinajstić information content (AvgIpc) is 3.10. The maximum absolute atomic E-state index is 11.4. The molecule has 0 aromatic heterocycles. The normalized spacial score (nSPS) is 17.9. The second-order valence-electron chi connectivity index (χ2n) is 8.55. The summed E-state index contributed by atoms with van der Waals surface area (Å²) in [4.78, 5) is 6.68. The molecule has 0 spiro atoms. The van der Waals surface area contributed by atoms with Gasteiger partial charge in [0.2, 0.25) is 0 Å². The van der Waals surface area contributed by atoms with Crippen molar-refractivity contribution in [2.24, 2.45) is 16.3 Å². The number of hydrogen-bond donors (Lipinski definition) is 1. The van der Waals surface area contributed by atoms with Gasteiger partial charge < -0.3 is 15.0 Å². The second kappa shape index (κ2) is 12.1. The zero-order chi connectivity index (χ0) is 20.6. The van der Waals surface area contributed by atoms with Crippen molar-refractivity contribution in [1.82, 2.24) is 10.2 Å². The van der Waals surface area contributed by atoms with Crippen LogP contribution in [0.4, 0.5) is 0 Å². The standard InChI is InChI=1S/C21H35N3O3S.HI/c1-21(2,11-13-28(4,25)26)17-23-20(22-3)24-12-10-19(14-24)16-27-15-18-8-6-5-7-9-18;/h5-9,19H,10-17H2,1-4H3,(H,22,23);1H. The molecule has 1 heterocycles. The lowest BCUT2D eigenvalue weighted by atomic mass is 9.90. The summed E-state index contributed by atoms with van der Waals surface area (Å²) < 4.78 is 28.8. The van der Waals surface area contributed by atoms with Gasteiger partial charge in [0.1, 0.15) is 9.84 Å². The van der Waals surface area contributed by atoms with Gasteiger partial charge in [-0.25, -0.2) is 8.42 Å². The van der Waals surface area contributed by atoms with Crippen LogP contribution in [0, 0.1) is 11.3 Å². The Kier molecular flexibility index (Phi) is 10.9. The molecular formula is C21H36IN3O3S. The average molecular weight is 538 g/mol. The van der Waals surface area contributed by atoms with Gasteiger partial charge in [-0.3, -0.25) is 4.99 Å². The predicted octanol–water partition coefficient (Wildman–Crippen LogP) is 3.18. The Bertz CT molecular complexity index is 739. The SMILES string of the molecule is CN=C(NCC(C)(C)CCS(C)(=O)=O)N1CCC(COCc2ccccc2)C1.I. The third kappa shape index (κ3) is 10.1. The van der Waals surface area contributed by atoms with E-state index in [9.17, 15) is 8.42 Å². The van der Waals surface area contributed by atoms with E-state index < -0.39 is 9.84 Å². The van der Waals surface area contributed by atoms with E-state index in [1.54, 1.807) is 7.05 Å². The summed E-state index contributed by atoms with van der Waals surface area (Å²) in [5.74, 6) is 1.60. The molecule has 6 nitrogen and oxygen atoms in total. The van der Waals surface area contributed by atoms with E-state index in [2.05, 4.69) is 41.2 Å². The van der Waals surface area contributed by atoms with Crippen molar-refractivity contribution in [2.45, 2.75) is 33.3 Å². The first kappa shape index (κ1) is 26.2. The van der Waals surface area contributed by atoms with E-state index in [1.807, 2.05) is 18.2 Å². The first-order chi connectivity index (χ1) is 13.2. The van der Waals surface area contributed by atoms with Crippen molar-refractivity contribution in [2.75, 3.05) is 45.3 Å². The van der Waals surface area contributed by atoms with Crippen molar-refractivity contribution < 1.29 is 13.2 Å². The monoisotopic (exact) mass is 537 g/mol. The van der Waals surface area contributed by atoms with Crippen LogP contribution in [0.1, 0.15) is 32.3 Å². The lowest BCUT2D eigenvalue weighted by Gasteiger charge is -2.28. The Labute approximate surface area is 193 Å². The van der Waals surface area contributed by atoms with Crippen molar-refractivity contribution in [3.8, 4) is 0 Å². The topological polar surface area (TPSA) is 71.0 Å². The van der Waals surface area contributed by atoms with Crippen LogP contribution in [0.3, 0.4) is 0 Å². The third-order valence-electron chi connectivity index (χ3n) is 5.14. The summed E-state index contributed by atoms with van der Waals surface area (Å²) in [6.07, 6.45) is 3.01. The third-order valence-corrected chi connectivity index (χ3v) is 6.08. The summed E-state index contributed by atoms with van der Waals surface area (Å²) in [5, 5.41) is 3.43. The van der Waals surface area contributed by atoms with E-state index in [4.69, 9.17) is 4.74 Å². The highest BCUT2D eigenvalue weighted by atomic mass is 127. The van der Waals surface area contributed by atoms with Crippen molar-refractivity contribution >= 4 is 39.8 Å². The zero-order valence-electron chi connectivity index (χ0n) is 18.1. The number of rotatable bonds is 9. The van der Waals surface area contributed by atoms with Gasteiger partial charge in [0.25, 0.3) is 0 Å². The Morgan fingerprint density at radius 3 is 2.62 bits per heavy atom. The van der Waals surface area contributed by atoms with Gasteiger partial charge in [0.05, 0.1) is 19.0 Å². The van der Waals surface area contributed by atoms with Gasteiger partial charge >= 0.3 is 0 Å². The predicted molar refractivity (Wildman–Crippen MR) is 131 cm³/mol. The first-order valence-electron chi connectivity index (χ1n) is 9.93. The molecular weight excluding hydrogens is 501 g/mol. The molecule has 0 aliphatic carbocycles. The Morgan fingerprint density at radius 2 is 2.00 bits per heavy atom. The van der Waals surface area contributed by atoms with E-state index in [0.29, 0.717) is 25.5 Å². The van der Waals surface area contributed by atoms with Crippen LogP contribution < -0.4 is 5.32 Å². The van der Waals surface area contributed by atoms with Gasteiger partial charge in [0.15, 0.2) is 5.96 Å². The molecule has 1 N–H and O–H groups in total. The van der Waals surface area contributed by atoms with Crippen LogP contribution in [0.5, 0.6) is 0 Å². The molecule has 1 unspecified atom stereocenters. The highest BCUT2D eigenvalue weighted by molar-refractivity contribution is 14.0. The van der Waals surface area contributed by atoms with Crippen LogP contribution in [0.2, 0.25) is 0 Å². The molecule has 1 aliphatic heterocycles. The molecule has 29 heavy (non-hydrogen) atoms. The number of guanidine groups is 1. The number of nitrogens with zero attached hydrogens (tertiary/aromatic N) is 2. The Hall–Kier alpha value is -0.870. The molecule has 1 aromatic carbocycles. The summed E-state index contributed by atoms with van der Waals surface area (Å²) in [7, 11) is -1.14. The number of ether oxygens (including phenoxy) is 1. The van der Waals surface area contributed by atoms with Gasteiger partial charge in [0, 0.05) is 38.9 Å². The number of benzene rings is 1. The largest absolute Gasteiger partial charge is 0.376 e. The van der Waals surface area contributed by atoms with Gasteiger partial charge in [-0.1, -0.05) is 44.2 Å². The molecule has 1 atom stereocenters. The minimum absolute atomic E-state index is 0. The molecule has 166 valence electrons. The van der Waals surface area contributed by atoms with Crippen LogP contribution in [-0.2, 0) is 21.2 Å². The van der Waals surface area contributed by atoms with Gasteiger partial charge in [-0.05, 0) is 23.8 Å². The number of likely N-dealkylation sites (tertiary alicyclic amines) is 1. The number of sulfone groups is 1. The molecule has 8 heteroatoms. The fraction of sp³-hybridized carbons (Fsp3) is 0.667. The van der Waals surface area contributed by atoms with Crippen molar-refractivity contribution in [3.63, 3.8) is 0 Å². The Morgan fingerprint density at radius 1 is 1.31 bits per heavy atom. The highest BCUT2D eigenvalue weighted by Gasteiger charge is 2.27. The first-order valence-corrected chi connectivity index (χ1v) is 12.0. The number of aliphatic imine (C=N–C) groups is 1. The van der Waals surface area contributed by atoms with Gasteiger partial charge in [-0.2, -0.15) is 0 Å². The molecule has 1 aliphatic rings. The van der Waals surface area contributed by atoms with E-state index in [1.165, 1.54) is 11.8 Å². The quantitative estimate of drug-likeness (QED) is 0.298. The van der Waals surface area contributed by atoms with Crippen molar-refractivity contribution in [3.05, 3.63) is 35.9 Å². The fourth-order valence-corrected chi connectivity index (χ4v) is 4.20. The molecule has 2 rings (SSSR count). The lowest BCUT2D eigenvalue weighted by molar-refractivity contribution is 0.0906. The summed E-state index contributed by atoms with van der Waals surface area (Å²) in [6.45, 7) is 8.16. The molecule has 1 saturated heterocycles.